The van der Waals surface area contributed by atoms with E-state index in [-0.39, 0.29) is 29.6 Å². The number of nitrogens with one attached hydrogen (secondary N) is 2. The third kappa shape index (κ3) is 3.15. The van der Waals surface area contributed by atoms with Gasteiger partial charge in [-0.05, 0) is 19.8 Å². The van der Waals surface area contributed by atoms with Crippen LogP contribution < -0.4 is 11.1 Å². The molecular formula is C13H18N4O4. The number of nitrogens with zero attached hydrogens (tertiary/aromatic N) is 1. The molecule has 114 valence electrons. The minimum Gasteiger partial charge on any atom is -0.478 e. The first-order chi connectivity index (χ1) is 9.90. The number of amides is 3. The highest BCUT2D eigenvalue weighted by molar-refractivity contribution is 6.02. The number of hydrogen-bond donors (Lipinski definition) is 4. The van der Waals surface area contributed by atoms with Crippen LogP contribution in [0, 0.1) is 12.8 Å². The van der Waals surface area contributed by atoms with E-state index >= 15 is 0 Å². The highest BCUT2D eigenvalue weighted by Crippen LogP contribution is 2.22. The number of likely N-dealkylation sites (tertiary alicyclic amines) is 1. The number of aromatic amines is 1. The summed E-state index contributed by atoms with van der Waals surface area (Å²) >= 11 is 0. The van der Waals surface area contributed by atoms with Crippen molar-refractivity contribution in [2.24, 2.45) is 11.7 Å². The molecule has 1 aliphatic heterocycles. The number of anilines is 1. The molecule has 1 fully saturated rings. The Bertz CT molecular complexity index is 581. The predicted molar refractivity (Wildman–Crippen MR) is 75.0 cm³/mol. The number of aromatic nitrogens is 1. The van der Waals surface area contributed by atoms with Gasteiger partial charge in [-0.2, -0.15) is 0 Å². The Morgan fingerprint density at radius 3 is 2.81 bits per heavy atom. The van der Waals surface area contributed by atoms with Crippen LogP contribution in [0.2, 0.25) is 0 Å². The first kappa shape index (κ1) is 14.9. The number of H-pyrrole nitrogens is 1. The van der Waals surface area contributed by atoms with Crippen LogP contribution in [-0.2, 0) is 4.79 Å². The van der Waals surface area contributed by atoms with Gasteiger partial charge in [-0.3, -0.25) is 4.79 Å². The van der Waals surface area contributed by atoms with Crippen molar-refractivity contribution in [1.82, 2.24) is 9.88 Å². The molecule has 0 aromatic carbocycles. The molecule has 3 amide bonds. The number of primary amides is 1. The molecule has 5 N–H and O–H groups in total. The van der Waals surface area contributed by atoms with Gasteiger partial charge < -0.3 is 26.0 Å². The summed E-state index contributed by atoms with van der Waals surface area (Å²) in [4.78, 5) is 38.7. The molecule has 1 aliphatic rings. The van der Waals surface area contributed by atoms with Gasteiger partial charge >= 0.3 is 12.0 Å². The van der Waals surface area contributed by atoms with Crippen molar-refractivity contribution in [3.8, 4) is 0 Å². The van der Waals surface area contributed by atoms with Gasteiger partial charge in [-0.15, -0.1) is 0 Å². The van der Waals surface area contributed by atoms with Crippen molar-refractivity contribution < 1.29 is 19.5 Å². The Hall–Kier alpha value is -2.51. The summed E-state index contributed by atoms with van der Waals surface area (Å²) in [5.41, 5.74) is 5.98. The lowest BCUT2D eigenvalue weighted by molar-refractivity contribution is -0.121. The summed E-state index contributed by atoms with van der Waals surface area (Å²) in [6.45, 7) is 2.42. The van der Waals surface area contributed by atoms with Crippen molar-refractivity contribution >= 4 is 23.6 Å². The topological polar surface area (TPSA) is 129 Å². The van der Waals surface area contributed by atoms with Gasteiger partial charge in [-0.1, -0.05) is 0 Å². The maximum absolute atomic E-state index is 12.2. The van der Waals surface area contributed by atoms with Crippen LogP contribution in [0.25, 0.3) is 0 Å². The molecule has 8 nitrogen and oxygen atoms in total. The molecule has 0 bridgehead atoms. The van der Waals surface area contributed by atoms with E-state index < -0.39 is 12.0 Å². The summed E-state index contributed by atoms with van der Waals surface area (Å²) in [7, 11) is 0. The molecular weight excluding hydrogens is 276 g/mol. The largest absolute Gasteiger partial charge is 0.478 e. The molecule has 8 heteroatoms. The second kappa shape index (κ2) is 5.86. The fraction of sp³-hybridized carbons (Fsp3) is 0.462. The van der Waals surface area contributed by atoms with E-state index in [9.17, 15) is 14.4 Å². The lowest BCUT2D eigenvalue weighted by Gasteiger charge is -2.30. The number of nitrogens with two attached hydrogens (primary N) is 1. The molecule has 1 atom stereocenters. The van der Waals surface area contributed by atoms with Gasteiger partial charge in [0.15, 0.2) is 0 Å². The third-order valence-corrected chi connectivity index (χ3v) is 3.65. The fourth-order valence-electron chi connectivity index (χ4n) is 2.53. The van der Waals surface area contributed by atoms with Gasteiger partial charge in [-0.25, -0.2) is 9.59 Å². The number of piperidine rings is 1. The predicted octanol–water partition coefficient (Wildman–Crippen LogP) is 0.751. The third-order valence-electron chi connectivity index (χ3n) is 3.65. The van der Waals surface area contributed by atoms with Crippen molar-refractivity contribution in [3.05, 3.63) is 17.5 Å². The Balaban J connectivity index is 2.08. The number of hydrogen-bond acceptors (Lipinski definition) is 3. The first-order valence-electron chi connectivity index (χ1n) is 6.66. The van der Waals surface area contributed by atoms with E-state index in [0.29, 0.717) is 25.1 Å². The van der Waals surface area contributed by atoms with Gasteiger partial charge in [0.05, 0.1) is 11.6 Å². The van der Waals surface area contributed by atoms with Crippen molar-refractivity contribution in [2.75, 3.05) is 18.4 Å². The van der Waals surface area contributed by atoms with Crippen LogP contribution in [0.1, 0.15) is 28.9 Å². The molecule has 0 aliphatic carbocycles. The molecule has 2 rings (SSSR count). The number of carboxylic acids is 1. The number of urea groups is 1. The Morgan fingerprint density at radius 1 is 1.48 bits per heavy atom. The lowest BCUT2D eigenvalue weighted by Crippen LogP contribution is -2.46. The Labute approximate surface area is 121 Å². The van der Waals surface area contributed by atoms with Crippen molar-refractivity contribution in [2.45, 2.75) is 19.8 Å². The summed E-state index contributed by atoms with van der Waals surface area (Å²) in [6, 6.07) is -0.545. The summed E-state index contributed by atoms with van der Waals surface area (Å²) in [5.74, 6) is -1.79. The van der Waals surface area contributed by atoms with Gasteiger partial charge in [0.2, 0.25) is 5.91 Å². The number of aryl methyl sites for hydroxylation is 1. The first-order valence-corrected chi connectivity index (χ1v) is 6.66. The zero-order valence-corrected chi connectivity index (χ0v) is 11.7. The van der Waals surface area contributed by atoms with E-state index in [1.807, 2.05) is 0 Å². The van der Waals surface area contributed by atoms with Gasteiger partial charge in [0.1, 0.15) is 5.56 Å². The van der Waals surface area contributed by atoms with E-state index in [1.165, 1.54) is 11.1 Å². The van der Waals surface area contributed by atoms with Crippen molar-refractivity contribution in [1.29, 1.82) is 0 Å². The zero-order valence-electron chi connectivity index (χ0n) is 11.7. The quantitative estimate of drug-likeness (QED) is 0.655. The molecule has 0 radical (unpaired) electrons. The van der Waals surface area contributed by atoms with Crippen LogP contribution in [-0.4, -0.2) is 46.0 Å². The summed E-state index contributed by atoms with van der Waals surface area (Å²) < 4.78 is 0. The zero-order chi connectivity index (χ0) is 15.6. The molecule has 2 heterocycles. The standard InChI is InChI=1S/C13H18N4O4/c1-7-10(12(19)20)9(5-15-7)16-11(18)8-3-2-4-17(6-8)13(14)21/h5,8,15H,2-4,6H2,1H3,(H2,14,21)(H,16,18)(H,19,20). The number of carboxylic acid groups (broad SMARTS) is 1. The van der Waals surface area contributed by atoms with Gasteiger partial charge in [0, 0.05) is 25.0 Å². The Morgan fingerprint density at radius 2 is 2.19 bits per heavy atom. The molecule has 0 spiro atoms. The average molecular weight is 294 g/mol. The Kier molecular flexibility index (Phi) is 4.15. The fourth-order valence-corrected chi connectivity index (χ4v) is 2.53. The number of aromatic carboxylic acids is 1. The number of rotatable bonds is 3. The molecule has 1 unspecified atom stereocenters. The van der Waals surface area contributed by atoms with E-state index in [4.69, 9.17) is 10.8 Å². The summed E-state index contributed by atoms with van der Waals surface area (Å²) in [5, 5.41) is 11.7. The minimum absolute atomic E-state index is 0.0471. The second-order valence-electron chi connectivity index (χ2n) is 5.12. The van der Waals surface area contributed by atoms with Crippen LogP contribution in [0.3, 0.4) is 0 Å². The SMILES string of the molecule is Cc1[nH]cc(NC(=O)C2CCCN(C(N)=O)C2)c1C(=O)O. The maximum atomic E-state index is 12.2. The average Bonchev–Trinajstić information content (AvgIpc) is 2.79. The maximum Gasteiger partial charge on any atom is 0.339 e. The minimum atomic E-state index is -1.11. The van der Waals surface area contributed by atoms with E-state index in [0.717, 1.165) is 0 Å². The normalized spacial score (nSPS) is 18.3. The number of carbonyl (C=O) groups excluding carboxylic acids is 2. The van der Waals surface area contributed by atoms with Gasteiger partial charge in [0.25, 0.3) is 0 Å². The second-order valence-corrected chi connectivity index (χ2v) is 5.12. The highest BCUT2D eigenvalue weighted by atomic mass is 16.4. The molecule has 1 aromatic heterocycles. The highest BCUT2D eigenvalue weighted by Gasteiger charge is 2.28. The van der Waals surface area contributed by atoms with Crippen LogP contribution in [0.5, 0.6) is 0 Å². The lowest BCUT2D eigenvalue weighted by atomic mass is 9.97. The van der Waals surface area contributed by atoms with Crippen LogP contribution >= 0.6 is 0 Å². The van der Waals surface area contributed by atoms with Crippen LogP contribution in [0.4, 0.5) is 10.5 Å². The van der Waals surface area contributed by atoms with E-state index in [1.54, 1.807) is 6.92 Å². The smallest absolute Gasteiger partial charge is 0.339 e. The van der Waals surface area contributed by atoms with Crippen molar-refractivity contribution in [3.63, 3.8) is 0 Å². The monoisotopic (exact) mass is 294 g/mol. The molecule has 21 heavy (non-hydrogen) atoms. The molecule has 1 aromatic rings. The number of carbonyl (C=O) groups is 3. The van der Waals surface area contributed by atoms with Crippen LogP contribution in [0.15, 0.2) is 6.20 Å². The van der Waals surface area contributed by atoms with E-state index in [2.05, 4.69) is 10.3 Å². The molecule has 1 saturated heterocycles. The molecule has 0 saturated carbocycles. The summed E-state index contributed by atoms with van der Waals surface area (Å²) in [6.07, 6.45) is 2.78.